The molecular formula is C14H22FNO. The normalized spacial score (nSPS) is 11.3. The number of benzene rings is 1. The molecule has 0 spiro atoms. The summed E-state index contributed by atoms with van der Waals surface area (Å²) in [6.45, 7) is 8.94. The summed E-state index contributed by atoms with van der Waals surface area (Å²) < 4.78 is 13.9. The summed E-state index contributed by atoms with van der Waals surface area (Å²) in [6, 6.07) is 5.07. The summed E-state index contributed by atoms with van der Waals surface area (Å²) >= 11 is 0. The van der Waals surface area contributed by atoms with Crippen molar-refractivity contribution >= 4 is 5.69 Å². The number of aliphatic hydroxyl groups excluding tert-OH is 1. The highest BCUT2D eigenvalue weighted by Gasteiger charge is 2.19. The van der Waals surface area contributed by atoms with Crippen molar-refractivity contribution in [3.63, 3.8) is 0 Å². The molecule has 3 heteroatoms. The molecule has 0 radical (unpaired) electrons. The monoisotopic (exact) mass is 239 g/mol. The average Bonchev–Trinajstić information content (AvgIpc) is 2.25. The summed E-state index contributed by atoms with van der Waals surface area (Å²) in [5.74, 6) is 0.189. The zero-order valence-corrected chi connectivity index (χ0v) is 11.1. The van der Waals surface area contributed by atoms with Crippen molar-refractivity contribution in [2.24, 2.45) is 5.92 Å². The van der Waals surface area contributed by atoms with Gasteiger partial charge in [-0.05, 0) is 25.8 Å². The number of rotatable bonds is 5. The van der Waals surface area contributed by atoms with Crippen LogP contribution in [0.15, 0.2) is 18.2 Å². The fourth-order valence-corrected chi connectivity index (χ4v) is 1.96. The standard InChI is InChI=1S/C14H22FNO/c1-10(2)8-16(11(3)4)14-12(9-17)6-5-7-13(14)15/h5-7,10-11,17H,8-9H2,1-4H3. The van der Waals surface area contributed by atoms with Crippen molar-refractivity contribution in [3.8, 4) is 0 Å². The minimum Gasteiger partial charge on any atom is -0.392 e. The van der Waals surface area contributed by atoms with Gasteiger partial charge in [-0.15, -0.1) is 0 Å². The molecular weight excluding hydrogens is 217 g/mol. The summed E-state index contributed by atoms with van der Waals surface area (Å²) in [5.41, 5.74) is 1.19. The van der Waals surface area contributed by atoms with E-state index in [4.69, 9.17) is 0 Å². The predicted molar refractivity (Wildman–Crippen MR) is 69.6 cm³/mol. The van der Waals surface area contributed by atoms with Gasteiger partial charge in [-0.3, -0.25) is 0 Å². The summed E-state index contributed by atoms with van der Waals surface area (Å²) in [4.78, 5) is 2.02. The third-order valence-corrected chi connectivity index (χ3v) is 2.71. The lowest BCUT2D eigenvalue weighted by Gasteiger charge is -2.32. The van der Waals surface area contributed by atoms with E-state index in [2.05, 4.69) is 13.8 Å². The number of hydrogen-bond donors (Lipinski definition) is 1. The molecule has 0 saturated heterocycles. The van der Waals surface area contributed by atoms with E-state index in [1.165, 1.54) is 6.07 Å². The Kier molecular flexibility index (Phi) is 4.94. The third-order valence-electron chi connectivity index (χ3n) is 2.71. The second kappa shape index (κ2) is 6.01. The molecule has 0 aromatic heterocycles. The molecule has 1 rings (SSSR count). The van der Waals surface area contributed by atoms with Crippen molar-refractivity contribution in [1.82, 2.24) is 0 Å². The molecule has 1 N–H and O–H groups in total. The van der Waals surface area contributed by atoms with Crippen LogP contribution < -0.4 is 4.90 Å². The second-order valence-corrected chi connectivity index (χ2v) is 5.05. The Morgan fingerprint density at radius 3 is 2.35 bits per heavy atom. The first kappa shape index (κ1) is 14.0. The Hall–Kier alpha value is -1.09. The van der Waals surface area contributed by atoms with Gasteiger partial charge >= 0.3 is 0 Å². The lowest BCUT2D eigenvalue weighted by atomic mass is 10.1. The van der Waals surface area contributed by atoms with E-state index in [-0.39, 0.29) is 18.5 Å². The highest BCUT2D eigenvalue weighted by Crippen LogP contribution is 2.27. The molecule has 0 atom stereocenters. The van der Waals surface area contributed by atoms with Crippen molar-refractivity contribution in [3.05, 3.63) is 29.6 Å². The van der Waals surface area contributed by atoms with Gasteiger partial charge < -0.3 is 10.0 Å². The van der Waals surface area contributed by atoms with Crippen LogP contribution in [-0.4, -0.2) is 17.7 Å². The van der Waals surface area contributed by atoms with Crippen LogP contribution in [0.5, 0.6) is 0 Å². The molecule has 96 valence electrons. The van der Waals surface area contributed by atoms with Gasteiger partial charge in [0.2, 0.25) is 0 Å². The van der Waals surface area contributed by atoms with Gasteiger partial charge in [-0.1, -0.05) is 26.0 Å². The maximum atomic E-state index is 13.9. The average molecular weight is 239 g/mol. The van der Waals surface area contributed by atoms with E-state index >= 15 is 0 Å². The van der Waals surface area contributed by atoms with Crippen molar-refractivity contribution in [2.75, 3.05) is 11.4 Å². The summed E-state index contributed by atoms with van der Waals surface area (Å²) in [5, 5.41) is 9.31. The number of anilines is 1. The first-order chi connectivity index (χ1) is 7.97. The van der Waals surface area contributed by atoms with Gasteiger partial charge in [-0.25, -0.2) is 4.39 Å². The van der Waals surface area contributed by atoms with E-state index < -0.39 is 0 Å². The zero-order chi connectivity index (χ0) is 13.0. The predicted octanol–water partition coefficient (Wildman–Crippen LogP) is 3.19. The molecule has 0 unspecified atom stereocenters. The molecule has 0 aliphatic heterocycles. The lowest BCUT2D eigenvalue weighted by molar-refractivity contribution is 0.281. The van der Waals surface area contributed by atoms with Gasteiger partial charge in [0, 0.05) is 18.2 Å². The molecule has 0 amide bonds. The van der Waals surface area contributed by atoms with Gasteiger partial charge in [0.05, 0.1) is 12.3 Å². The first-order valence-corrected chi connectivity index (χ1v) is 6.12. The third kappa shape index (κ3) is 3.43. The van der Waals surface area contributed by atoms with Gasteiger partial charge in [-0.2, -0.15) is 0 Å². The zero-order valence-electron chi connectivity index (χ0n) is 11.1. The molecule has 1 aromatic rings. The van der Waals surface area contributed by atoms with E-state index in [0.717, 1.165) is 6.54 Å². The number of nitrogens with zero attached hydrogens (tertiary/aromatic N) is 1. The van der Waals surface area contributed by atoms with E-state index in [0.29, 0.717) is 17.2 Å². The van der Waals surface area contributed by atoms with Crippen molar-refractivity contribution < 1.29 is 9.50 Å². The van der Waals surface area contributed by atoms with Crippen LogP contribution in [0.25, 0.3) is 0 Å². The minimum absolute atomic E-state index is 0.131. The number of halogens is 1. The first-order valence-electron chi connectivity index (χ1n) is 6.12. The van der Waals surface area contributed by atoms with Crippen LogP contribution in [0.2, 0.25) is 0 Å². The molecule has 2 nitrogen and oxygen atoms in total. The second-order valence-electron chi connectivity index (χ2n) is 5.05. The highest BCUT2D eigenvalue weighted by molar-refractivity contribution is 5.55. The maximum absolute atomic E-state index is 13.9. The van der Waals surface area contributed by atoms with Crippen LogP contribution in [-0.2, 0) is 6.61 Å². The molecule has 0 aliphatic carbocycles. The Morgan fingerprint density at radius 1 is 1.24 bits per heavy atom. The fraction of sp³-hybridized carbons (Fsp3) is 0.571. The van der Waals surface area contributed by atoms with E-state index in [1.54, 1.807) is 12.1 Å². The summed E-state index contributed by atoms with van der Waals surface area (Å²) in [6.07, 6.45) is 0. The van der Waals surface area contributed by atoms with Crippen LogP contribution in [0.3, 0.4) is 0 Å². The van der Waals surface area contributed by atoms with Gasteiger partial charge in [0.15, 0.2) is 0 Å². The number of aliphatic hydroxyl groups is 1. The van der Waals surface area contributed by atoms with Crippen molar-refractivity contribution in [2.45, 2.75) is 40.3 Å². The Balaban J connectivity index is 3.17. The highest BCUT2D eigenvalue weighted by atomic mass is 19.1. The molecule has 0 bridgehead atoms. The van der Waals surface area contributed by atoms with Crippen LogP contribution in [0, 0.1) is 11.7 Å². The van der Waals surface area contributed by atoms with Gasteiger partial charge in [0.25, 0.3) is 0 Å². The molecule has 0 aliphatic rings. The van der Waals surface area contributed by atoms with Crippen molar-refractivity contribution in [1.29, 1.82) is 0 Å². The lowest BCUT2D eigenvalue weighted by Crippen LogP contribution is -2.35. The Labute approximate surface area is 103 Å². The van der Waals surface area contributed by atoms with Crippen LogP contribution in [0.4, 0.5) is 10.1 Å². The molecule has 0 fully saturated rings. The topological polar surface area (TPSA) is 23.5 Å². The number of para-hydroxylation sites is 1. The molecule has 0 saturated carbocycles. The minimum atomic E-state index is -0.258. The molecule has 17 heavy (non-hydrogen) atoms. The van der Waals surface area contributed by atoms with Crippen LogP contribution in [0.1, 0.15) is 33.3 Å². The maximum Gasteiger partial charge on any atom is 0.146 e. The Morgan fingerprint density at radius 2 is 1.88 bits per heavy atom. The largest absolute Gasteiger partial charge is 0.392 e. The molecule has 0 heterocycles. The molecule has 1 aromatic carbocycles. The number of hydrogen-bond acceptors (Lipinski definition) is 2. The van der Waals surface area contributed by atoms with E-state index in [9.17, 15) is 9.50 Å². The quantitative estimate of drug-likeness (QED) is 0.853. The Bertz CT molecular complexity index is 363. The van der Waals surface area contributed by atoms with E-state index in [1.807, 2.05) is 18.7 Å². The van der Waals surface area contributed by atoms with Crippen LogP contribution >= 0.6 is 0 Å². The van der Waals surface area contributed by atoms with Gasteiger partial charge in [0.1, 0.15) is 5.82 Å². The smallest absolute Gasteiger partial charge is 0.146 e. The SMILES string of the molecule is CC(C)CN(c1c(F)cccc1CO)C(C)C. The fourth-order valence-electron chi connectivity index (χ4n) is 1.96. The summed E-state index contributed by atoms with van der Waals surface area (Å²) in [7, 11) is 0.